The van der Waals surface area contributed by atoms with Crippen molar-refractivity contribution in [3.8, 4) is 11.5 Å². The highest BCUT2D eigenvalue weighted by atomic mass is 16.5. The van der Waals surface area contributed by atoms with E-state index in [2.05, 4.69) is 10.6 Å². The lowest BCUT2D eigenvalue weighted by Gasteiger charge is -2.22. The summed E-state index contributed by atoms with van der Waals surface area (Å²) in [5.41, 5.74) is 2.20. The number of anilines is 1. The molecule has 0 saturated heterocycles. The molecular weight excluding hydrogens is 356 g/mol. The molecule has 0 saturated carbocycles. The maximum atomic E-state index is 12.8. The lowest BCUT2D eigenvalue weighted by Crippen LogP contribution is -2.47. The third-order valence-electron chi connectivity index (χ3n) is 4.56. The van der Waals surface area contributed by atoms with Crippen molar-refractivity contribution in [3.05, 3.63) is 53.6 Å². The van der Waals surface area contributed by atoms with Crippen LogP contribution in [0.25, 0.3) is 0 Å². The molecule has 6 heteroatoms. The summed E-state index contributed by atoms with van der Waals surface area (Å²) >= 11 is 0. The fourth-order valence-electron chi connectivity index (χ4n) is 2.93. The van der Waals surface area contributed by atoms with Gasteiger partial charge in [0.1, 0.15) is 6.04 Å². The minimum absolute atomic E-state index is 0.0743. The number of aryl methyl sites for hydroxylation is 1. The third kappa shape index (κ3) is 4.82. The number of carbonyl (C=O) groups excluding carboxylic acids is 2. The second-order valence-corrected chi connectivity index (χ2v) is 7.26. The van der Waals surface area contributed by atoms with Crippen LogP contribution in [0.5, 0.6) is 11.5 Å². The Morgan fingerprint density at radius 3 is 2.32 bits per heavy atom. The van der Waals surface area contributed by atoms with Gasteiger partial charge in [0.2, 0.25) is 5.91 Å². The van der Waals surface area contributed by atoms with E-state index in [9.17, 15) is 9.59 Å². The number of carbonyl (C=O) groups is 2. The molecule has 0 spiro atoms. The van der Waals surface area contributed by atoms with Gasteiger partial charge in [-0.05, 0) is 37.1 Å². The van der Waals surface area contributed by atoms with Gasteiger partial charge in [0.25, 0.3) is 5.91 Å². The van der Waals surface area contributed by atoms with Crippen LogP contribution in [0.2, 0.25) is 0 Å². The van der Waals surface area contributed by atoms with Gasteiger partial charge in [-0.2, -0.15) is 0 Å². The van der Waals surface area contributed by atoms with E-state index in [1.54, 1.807) is 30.3 Å². The molecule has 1 aliphatic rings. The van der Waals surface area contributed by atoms with Crippen LogP contribution in [0.4, 0.5) is 5.69 Å². The number of ether oxygens (including phenoxy) is 2. The number of hydrogen-bond donors (Lipinski definition) is 2. The maximum absolute atomic E-state index is 12.8. The first-order chi connectivity index (χ1) is 13.4. The molecule has 148 valence electrons. The van der Waals surface area contributed by atoms with Crippen LogP contribution in [0.15, 0.2) is 42.5 Å². The Bertz CT molecular complexity index is 846. The lowest BCUT2D eigenvalue weighted by molar-refractivity contribution is -0.118. The van der Waals surface area contributed by atoms with E-state index in [0.29, 0.717) is 36.0 Å². The highest BCUT2D eigenvalue weighted by Crippen LogP contribution is 2.32. The molecule has 2 N–H and O–H groups in total. The predicted molar refractivity (Wildman–Crippen MR) is 108 cm³/mol. The minimum atomic E-state index is -0.662. The first kappa shape index (κ1) is 19.7. The van der Waals surface area contributed by atoms with Crippen LogP contribution in [0.1, 0.15) is 36.2 Å². The zero-order valence-corrected chi connectivity index (χ0v) is 16.5. The molecular formula is C22H26N2O4. The summed E-state index contributed by atoms with van der Waals surface area (Å²) in [5, 5.41) is 5.71. The van der Waals surface area contributed by atoms with E-state index in [0.717, 1.165) is 12.0 Å². The Morgan fingerprint density at radius 2 is 1.64 bits per heavy atom. The molecule has 1 atom stereocenters. The molecule has 1 heterocycles. The largest absolute Gasteiger partial charge is 0.490 e. The third-order valence-corrected chi connectivity index (χ3v) is 4.56. The minimum Gasteiger partial charge on any atom is -0.490 e. The smallest absolute Gasteiger partial charge is 0.251 e. The van der Waals surface area contributed by atoms with Crippen molar-refractivity contribution >= 4 is 17.5 Å². The summed E-state index contributed by atoms with van der Waals surface area (Å²) in [6, 6.07) is 11.9. The van der Waals surface area contributed by atoms with Gasteiger partial charge >= 0.3 is 0 Å². The molecule has 0 unspecified atom stereocenters. The van der Waals surface area contributed by atoms with E-state index in [1.807, 2.05) is 32.9 Å². The van der Waals surface area contributed by atoms with Crippen molar-refractivity contribution in [3.63, 3.8) is 0 Å². The number of nitrogens with one attached hydrogen (secondary N) is 2. The molecule has 0 aromatic heterocycles. The Labute approximate surface area is 165 Å². The number of hydrogen-bond acceptors (Lipinski definition) is 4. The predicted octanol–water partition coefficient (Wildman–Crippen LogP) is 3.55. The molecule has 2 aromatic carbocycles. The van der Waals surface area contributed by atoms with Crippen LogP contribution < -0.4 is 20.1 Å². The van der Waals surface area contributed by atoms with E-state index >= 15 is 0 Å². The van der Waals surface area contributed by atoms with Gasteiger partial charge in [0, 0.05) is 23.7 Å². The average Bonchev–Trinajstić information content (AvgIpc) is 2.91. The van der Waals surface area contributed by atoms with Crippen LogP contribution in [0.3, 0.4) is 0 Å². The summed E-state index contributed by atoms with van der Waals surface area (Å²) in [6.07, 6.45) is 0.816. The average molecular weight is 382 g/mol. The summed E-state index contributed by atoms with van der Waals surface area (Å²) in [4.78, 5) is 25.3. The van der Waals surface area contributed by atoms with E-state index in [-0.39, 0.29) is 17.7 Å². The molecule has 2 amide bonds. The first-order valence-electron chi connectivity index (χ1n) is 9.52. The van der Waals surface area contributed by atoms with E-state index < -0.39 is 6.04 Å². The summed E-state index contributed by atoms with van der Waals surface area (Å²) in [7, 11) is 0. The molecule has 6 nitrogen and oxygen atoms in total. The Balaban J connectivity index is 1.70. The standard InChI is InChI=1S/C22H26N2O4/c1-14(2)20(24-21(25)16-7-5-15(3)6-8-16)22(26)23-17-9-10-18-19(13-17)28-12-4-11-27-18/h5-10,13-14,20H,4,11-12H2,1-3H3,(H,23,26)(H,24,25)/t20-/m1/s1. The summed E-state index contributed by atoms with van der Waals surface area (Å²) in [5.74, 6) is 0.663. The SMILES string of the molecule is Cc1ccc(C(=O)N[C@@H](C(=O)Nc2ccc3c(c2)OCCCO3)C(C)C)cc1. The Kier molecular flexibility index (Phi) is 6.19. The number of rotatable bonds is 5. The highest BCUT2D eigenvalue weighted by molar-refractivity contribution is 6.01. The first-order valence-corrected chi connectivity index (χ1v) is 9.52. The Hall–Kier alpha value is -3.02. The van der Waals surface area contributed by atoms with Gasteiger partial charge in [-0.25, -0.2) is 0 Å². The normalized spacial score (nSPS) is 14.1. The summed E-state index contributed by atoms with van der Waals surface area (Å²) in [6.45, 7) is 6.94. The van der Waals surface area contributed by atoms with Gasteiger partial charge in [0.05, 0.1) is 13.2 Å². The topological polar surface area (TPSA) is 76.7 Å². The van der Waals surface area contributed by atoms with Crippen molar-refractivity contribution in [2.45, 2.75) is 33.2 Å². The fraction of sp³-hybridized carbons (Fsp3) is 0.364. The van der Waals surface area contributed by atoms with Crippen molar-refractivity contribution in [1.82, 2.24) is 5.32 Å². The van der Waals surface area contributed by atoms with Crippen LogP contribution in [0, 0.1) is 12.8 Å². The monoisotopic (exact) mass is 382 g/mol. The lowest BCUT2D eigenvalue weighted by atomic mass is 10.0. The van der Waals surface area contributed by atoms with E-state index in [1.165, 1.54) is 0 Å². The van der Waals surface area contributed by atoms with Crippen LogP contribution in [-0.4, -0.2) is 31.1 Å². The second-order valence-electron chi connectivity index (χ2n) is 7.26. The highest BCUT2D eigenvalue weighted by Gasteiger charge is 2.25. The van der Waals surface area contributed by atoms with E-state index in [4.69, 9.17) is 9.47 Å². The summed E-state index contributed by atoms with van der Waals surface area (Å²) < 4.78 is 11.3. The van der Waals surface area contributed by atoms with Gasteiger partial charge in [-0.15, -0.1) is 0 Å². The maximum Gasteiger partial charge on any atom is 0.251 e. The molecule has 1 aliphatic heterocycles. The van der Waals surface area contributed by atoms with Gasteiger partial charge in [0.15, 0.2) is 11.5 Å². The quantitative estimate of drug-likeness (QED) is 0.829. The molecule has 0 bridgehead atoms. The molecule has 3 rings (SSSR count). The number of amides is 2. The molecule has 0 fully saturated rings. The van der Waals surface area contributed by atoms with Crippen molar-refractivity contribution in [2.24, 2.45) is 5.92 Å². The van der Waals surface area contributed by atoms with Gasteiger partial charge in [-0.1, -0.05) is 31.5 Å². The molecule has 2 aromatic rings. The van der Waals surface area contributed by atoms with Crippen LogP contribution in [-0.2, 0) is 4.79 Å². The van der Waals surface area contributed by atoms with Gasteiger partial charge < -0.3 is 20.1 Å². The van der Waals surface area contributed by atoms with Crippen molar-refractivity contribution < 1.29 is 19.1 Å². The second kappa shape index (κ2) is 8.78. The number of fused-ring (bicyclic) bond motifs is 1. The fourth-order valence-corrected chi connectivity index (χ4v) is 2.93. The zero-order chi connectivity index (χ0) is 20.1. The molecule has 0 radical (unpaired) electrons. The van der Waals surface area contributed by atoms with Crippen LogP contribution >= 0.6 is 0 Å². The zero-order valence-electron chi connectivity index (χ0n) is 16.5. The molecule has 0 aliphatic carbocycles. The number of benzene rings is 2. The van der Waals surface area contributed by atoms with Gasteiger partial charge in [-0.3, -0.25) is 9.59 Å². The Morgan fingerprint density at radius 1 is 0.964 bits per heavy atom. The molecule has 28 heavy (non-hydrogen) atoms. The van der Waals surface area contributed by atoms with Crippen molar-refractivity contribution in [1.29, 1.82) is 0 Å². The van der Waals surface area contributed by atoms with Crippen molar-refractivity contribution in [2.75, 3.05) is 18.5 Å².